The van der Waals surface area contributed by atoms with Crippen molar-refractivity contribution in [3.63, 3.8) is 0 Å². The van der Waals surface area contributed by atoms with Crippen molar-refractivity contribution in [2.75, 3.05) is 30.4 Å². The molecule has 142 valence electrons. The highest BCUT2D eigenvalue weighted by Gasteiger charge is 2.26. The van der Waals surface area contributed by atoms with E-state index in [9.17, 15) is 4.79 Å². The second-order valence-electron chi connectivity index (χ2n) is 6.59. The van der Waals surface area contributed by atoms with Crippen LogP contribution in [-0.4, -0.2) is 36.1 Å². The molecule has 1 amide bonds. The molecule has 0 atom stereocenters. The van der Waals surface area contributed by atoms with Crippen molar-refractivity contribution in [3.8, 4) is 11.8 Å². The van der Waals surface area contributed by atoms with Gasteiger partial charge in [0.05, 0.1) is 17.4 Å². The number of fused-ring (bicyclic) bond motifs is 1. The summed E-state index contributed by atoms with van der Waals surface area (Å²) in [5.41, 5.74) is 1.32. The molecule has 4 rings (SSSR count). The Morgan fingerprint density at radius 1 is 1.32 bits per heavy atom. The van der Waals surface area contributed by atoms with Crippen molar-refractivity contribution in [2.24, 2.45) is 5.92 Å². The van der Waals surface area contributed by atoms with Crippen LogP contribution in [0.2, 0.25) is 0 Å². The van der Waals surface area contributed by atoms with Crippen LogP contribution in [0.5, 0.6) is 5.75 Å². The number of carbonyl (C=O) groups excluding carboxylic acids is 1. The van der Waals surface area contributed by atoms with Crippen molar-refractivity contribution < 1.29 is 9.53 Å². The van der Waals surface area contributed by atoms with Crippen LogP contribution in [0.25, 0.3) is 10.2 Å². The number of thiazole rings is 1. The summed E-state index contributed by atoms with van der Waals surface area (Å²) in [6, 6.07) is 11.4. The Kier molecular flexibility index (Phi) is 5.08. The number of ether oxygens (including phenoxy) is 1. The molecule has 1 aliphatic rings. The number of anilines is 2. The number of nitrogens with one attached hydrogen (secondary N) is 1. The minimum absolute atomic E-state index is 0.00506. The molecule has 2 aromatic heterocycles. The zero-order chi connectivity index (χ0) is 19.5. The highest BCUT2D eigenvalue weighted by atomic mass is 32.1. The first-order chi connectivity index (χ1) is 13.7. The van der Waals surface area contributed by atoms with E-state index in [1.807, 2.05) is 24.3 Å². The fraction of sp³-hybridized carbons (Fsp3) is 0.300. The number of amides is 1. The molecular formula is C20H19N5O2S. The summed E-state index contributed by atoms with van der Waals surface area (Å²) < 4.78 is 6.32. The first kappa shape index (κ1) is 18.2. The van der Waals surface area contributed by atoms with Crippen LogP contribution in [0, 0.1) is 17.2 Å². The fourth-order valence-corrected chi connectivity index (χ4v) is 4.25. The minimum Gasteiger partial charge on any atom is -0.494 e. The summed E-state index contributed by atoms with van der Waals surface area (Å²) in [5.74, 6) is 1.50. The molecule has 0 saturated carbocycles. The summed E-state index contributed by atoms with van der Waals surface area (Å²) in [6.07, 6.45) is 3.08. The second kappa shape index (κ2) is 7.82. The largest absolute Gasteiger partial charge is 0.494 e. The van der Waals surface area contributed by atoms with Crippen molar-refractivity contribution in [1.82, 2.24) is 9.97 Å². The quantitative estimate of drug-likeness (QED) is 0.730. The Hall–Kier alpha value is -3.18. The summed E-state index contributed by atoms with van der Waals surface area (Å²) in [6.45, 7) is 1.51. The van der Waals surface area contributed by atoms with Crippen LogP contribution < -0.4 is 15.0 Å². The lowest BCUT2D eigenvalue weighted by Crippen LogP contribution is -2.38. The van der Waals surface area contributed by atoms with Gasteiger partial charge in [-0.2, -0.15) is 5.26 Å². The van der Waals surface area contributed by atoms with Gasteiger partial charge in [-0.1, -0.05) is 17.4 Å². The van der Waals surface area contributed by atoms with Crippen LogP contribution in [0.4, 0.5) is 10.9 Å². The summed E-state index contributed by atoms with van der Waals surface area (Å²) in [7, 11) is 1.61. The monoisotopic (exact) mass is 393 g/mol. The number of nitriles is 1. The molecule has 1 fully saturated rings. The van der Waals surface area contributed by atoms with E-state index >= 15 is 0 Å². The number of aromatic nitrogens is 2. The van der Waals surface area contributed by atoms with E-state index in [4.69, 9.17) is 10.00 Å². The van der Waals surface area contributed by atoms with Crippen molar-refractivity contribution in [3.05, 3.63) is 42.1 Å². The number of methoxy groups -OCH3 is 1. The third kappa shape index (κ3) is 3.62. The standard InChI is InChI=1S/C20H19N5O2S/c1-27-15-3-2-4-16-18(15)23-20(28-16)24-19(26)14-7-9-25(10-8-14)17-6-5-13(11-21)12-22-17/h2-6,12,14H,7-10H2,1H3,(H,23,24,26). The van der Waals surface area contributed by atoms with E-state index < -0.39 is 0 Å². The number of hydrogen-bond acceptors (Lipinski definition) is 7. The van der Waals surface area contributed by atoms with Gasteiger partial charge in [0, 0.05) is 25.2 Å². The lowest BCUT2D eigenvalue weighted by molar-refractivity contribution is -0.120. The number of para-hydroxylation sites is 1. The number of nitrogens with zero attached hydrogens (tertiary/aromatic N) is 4. The number of pyridine rings is 1. The topological polar surface area (TPSA) is 91.1 Å². The van der Waals surface area contributed by atoms with Gasteiger partial charge in [0.2, 0.25) is 5.91 Å². The van der Waals surface area contributed by atoms with Gasteiger partial charge in [-0.3, -0.25) is 4.79 Å². The maximum atomic E-state index is 12.7. The molecule has 7 nitrogen and oxygen atoms in total. The van der Waals surface area contributed by atoms with Gasteiger partial charge < -0.3 is 15.0 Å². The molecule has 0 spiro atoms. The maximum Gasteiger partial charge on any atom is 0.229 e. The highest BCUT2D eigenvalue weighted by molar-refractivity contribution is 7.22. The molecule has 3 heterocycles. The van der Waals surface area contributed by atoms with E-state index in [0.717, 1.165) is 42.0 Å². The number of hydrogen-bond donors (Lipinski definition) is 1. The van der Waals surface area contributed by atoms with Crippen molar-refractivity contribution in [1.29, 1.82) is 5.26 Å². The van der Waals surface area contributed by atoms with Gasteiger partial charge in [-0.05, 0) is 37.1 Å². The summed E-state index contributed by atoms with van der Waals surface area (Å²) >= 11 is 1.45. The number of carbonyl (C=O) groups is 1. The molecule has 3 aromatic rings. The van der Waals surface area contributed by atoms with E-state index in [2.05, 4.69) is 26.3 Å². The molecule has 0 unspecified atom stereocenters. The third-order valence-electron chi connectivity index (χ3n) is 4.90. The predicted octanol–water partition coefficient (Wildman–Crippen LogP) is 3.43. The summed E-state index contributed by atoms with van der Waals surface area (Å²) in [5, 5.41) is 12.4. The molecule has 1 saturated heterocycles. The van der Waals surface area contributed by atoms with Crippen LogP contribution in [0.3, 0.4) is 0 Å². The van der Waals surface area contributed by atoms with Crippen LogP contribution >= 0.6 is 11.3 Å². The first-order valence-electron chi connectivity index (χ1n) is 9.03. The van der Waals surface area contributed by atoms with E-state index in [1.54, 1.807) is 19.4 Å². The van der Waals surface area contributed by atoms with Crippen LogP contribution in [0.15, 0.2) is 36.5 Å². The molecular weight excluding hydrogens is 374 g/mol. The maximum absolute atomic E-state index is 12.7. The van der Waals surface area contributed by atoms with Crippen LogP contribution in [-0.2, 0) is 4.79 Å². The first-order valence-corrected chi connectivity index (χ1v) is 9.85. The van der Waals surface area contributed by atoms with Crippen molar-refractivity contribution in [2.45, 2.75) is 12.8 Å². The molecule has 0 radical (unpaired) electrons. The van der Waals surface area contributed by atoms with Crippen molar-refractivity contribution >= 4 is 38.4 Å². The number of piperidine rings is 1. The fourth-order valence-electron chi connectivity index (χ4n) is 3.36. The average molecular weight is 393 g/mol. The Labute approximate surface area is 166 Å². The smallest absolute Gasteiger partial charge is 0.229 e. The zero-order valence-electron chi connectivity index (χ0n) is 15.4. The van der Waals surface area contributed by atoms with Gasteiger partial charge in [0.15, 0.2) is 5.13 Å². The highest BCUT2D eigenvalue weighted by Crippen LogP contribution is 2.32. The Bertz CT molecular complexity index is 1030. The lowest BCUT2D eigenvalue weighted by atomic mass is 9.96. The Morgan fingerprint density at radius 3 is 2.82 bits per heavy atom. The molecule has 28 heavy (non-hydrogen) atoms. The van der Waals surface area contributed by atoms with E-state index in [0.29, 0.717) is 16.4 Å². The normalized spacial score (nSPS) is 14.6. The third-order valence-corrected chi connectivity index (χ3v) is 5.83. The molecule has 1 aromatic carbocycles. The number of benzene rings is 1. The van der Waals surface area contributed by atoms with Gasteiger partial charge in [-0.15, -0.1) is 0 Å². The van der Waals surface area contributed by atoms with Gasteiger partial charge >= 0.3 is 0 Å². The Morgan fingerprint density at radius 2 is 2.14 bits per heavy atom. The molecule has 1 N–H and O–H groups in total. The molecule has 1 aliphatic heterocycles. The predicted molar refractivity (Wildman–Crippen MR) is 109 cm³/mol. The lowest BCUT2D eigenvalue weighted by Gasteiger charge is -2.31. The van der Waals surface area contributed by atoms with Gasteiger partial charge in [-0.25, -0.2) is 9.97 Å². The number of rotatable bonds is 4. The molecule has 0 aliphatic carbocycles. The minimum atomic E-state index is -0.0523. The zero-order valence-corrected chi connectivity index (χ0v) is 16.2. The van der Waals surface area contributed by atoms with E-state index in [1.165, 1.54) is 11.3 Å². The van der Waals surface area contributed by atoms with Gasteiger partial charge in [0.1, 0.15) is 23.2 Å². The molecule has 0 bridgehead atoms. The second-order valence-corrected chi connectivity index (χ2v) is 7.62. The average Bonchev–Trinajstić information content (AvgIpc) is 3.16. The molecule has 8 heteroatoms. The van der Waals surface area contributed by atoms with E-state index in [-0.39, 0.29) is 11.8 Å². The SMILES string of the molecule is COc1cccc2sc(NC(=O)C3CCN(c4ccc(C#N)cn4)CC3)nc12. The van der Waals surface area contributed by atoms with Crippen LogP contribution in [0.1, 0.15) is 18.4 Å². The summed E-state index contributed by atoms with van der Waals surface area (Å²) in [4.78, 5) is 23.7. The van der Waals surface area contributed by atoms with Gasteiger partial charge in [0.25, 0.3) is 0 Å². The Balaban J connectivity index is 1.38.